The second kappa shape index (κ2) is 5.70. The molecule has 2 rings (SSSR count). The van der Waals surface area contributed by atoms with Crippen LogP contribution in [0.2, 0.25) is 0 Å². The first-order valence-corrected chi connectivity index (χ1v) is 6.01. The minimum atomic E-state index is -1.20. The molecule has 4 N–H and O–H groups in total. The molecule has 0 bridgehead atoms. The Morgan fingerprint density at radius 1 is 1.25 bits per heavy atom. The molecule has 1 heterocycles. The van der Waals surface area contributed by atoms with Gasteiger partial charge in [-0.15, -0.1) is 0 Å². The predicted octanol–water partition coefficient (Wildman–Crippen LogP) is -0.949. The standard InChI is InChI=1S/C13H14N2O5/c14-11(16)8(6-7-4-2-1-3-5-7)15-12(17)9-10(20-9)13(18)19/h1-5,8-10H,6H2,(H2,14,16)(H,15,17)(H,18,19)/t8-,9-,10-/m0/s1. The Balaban J connectivity index is 1.95. The highest BCUT2D eigenvalue weighted by molar-refractivity contribution is 5.94. The van der Waals surface area contributed by atoms with Gasteiger partial charge < -0.3 is 20.9 Å². The maximum absolute atomic E-state index is 11.7. The van der Waals surface area contributed by atoms with E-state index in [2.05, 4.69) is 5.32 Å². The quantitative estimate of drug-likeness (QED) is 0.579. The summed E-state index contributed by atoms with van der Waals surface area (Å²) in [5.74, 6) is -2.53. The highest BCUT2D eigenvalue weighted by Gasteiger charge is 2.51. The van der Waals surface area contributed by atoms with Gasteiger partial charge in [-0.25, -0.2) is 4.79 Å². The van der Waals surface area contributed by atoms with Crippen molar-refractivity contribution in [3.63, 3.8) is 0 Å². The van der Waals surface area contributed by atoms with Gasteiger partial charge in [0.15, 0.2) is 12.2 Å². The third-order valence-electron chi connectivity index (χ3n) is 2.94. The summed E-state index contributed by atoms with van der Waals surface area (Å²) in [5.41, 5.74) is 6.07. The van der Waals surface area contributed by atoms with Crippen LogP contribution < -0.4 is 11.1 Å². The molecule has 0 saturated carbocycles. The number of carboxylic acid groups (broad SMARTS) is 1. The van der Waals surface area contributed by atoms with Crippen LogP contribution in [0.1, 0.15) is 5.56 Å². The topological polar surface area (TPSA) is 122 Å². The zero-order chi connectivity index (χ0) is 14.7. The van der Waals surface area contributed by atoms with Crippen molar-refractivity contribution >= 4 is 17.8 Å². The zero-order valence-electron chi connectivity index (χ0n) is 10.5. The van der Waals surface area contributed by atoms with Gasteiger partial charge in [-0.1, -0.05) is 30.3 Å². The third-order valence-corrected chi connectivity index (χ3v) is 2.94. The van der Waals surface area contributed by atoms with Crippen LogP contribution in [-0.2, 0) is 25.5 Å². The summed E-state index contributed by atoms with van der Waals surface area (Å²) in [6.07, 6.45) is -1.95. The lowest BCUT2D eigenvalue weighted by Crippen LogP contribution is -2.47. The molecule has 20 heavy (non-hydrogen) atoms. The molecule has 1 fully saturated rings. The van der Waals surface area contributed by atoms with Crippen molar-refractivity contribution in [3.05, 3.63) is 35.9 Å². The molecule has 106 valence electrons. The van der Waals surface area contributed by atoms with E-state index < -0.39 is 36.0 Å². The number of ether oxygens (including phenoxy) is 1. The number of carbonyl (C=O) groups excluding carboxylic acids is 2. The summed E-state index contributed by atoms with van der Waals surface area (Å²) >= 11 is 0. The van der Waals surface area contributed by atoms with Crippen molar-refractivity contribution in [2.24, 2.45) is 5.73 Å². The van der Waals surface area contributed by atoms with E-state index in [1.54, 1.807) is 24.3 Å². The molecular weight excluding hydrogens is 264 g/mol. The largest absolute Gasteiger partial charge is 0.479 e. The number of nitrogens with one attached hydrogen (secondary N) is 1. The summed E-state index contributed by atoms with van der Waals surface area (Å²) in [6, 6.07) is 8.14. The van der Waals surface area contributed by atoms with E-state index >= 15 is 0 Å². The zero-order valence-corrected chi connectivity index (χ0v) is 10.5. The van der Waals surface area contributed by atoms with Gasteiger partial charge in [-0.3, -0.25) is 9.59 Å². The Labute approximate surface area is 114 Å². The number of carbonyl (C=O) groups is 3. The Hall–Kier alpha value is -2.41. The van der Waals surface area contributed by atoms with Crippen LogP contribution in [0.5, 0.6) is 0 Å². The highest BCUT2D eigenvalue weighted by Crippen LogP contribution is 2.22. The molecule has 0 spiro atoms. The van der Waals surface area contributed by atoms with Crippen molar-refractivity contribution < 1.29 is 24.2 Å². The summed E-state index contributed by atoms with van der Waals surface area (Å²) in [4.78, 5) is 33.7. The van der Waals surface area contributed by atoms with E-state index in [1.165, 1.54) is 0 Å². The van der Waals surface area contributed by atoms with Gasteiger partial charge in [0, 0.05) is 6.42 Å². The first-order valence-electron chi connectivity index (χ1n) is 6.01. The molecule has 1 aromatic rings. The normalized spacial score (nSPS) is 21.8. The van der Waals surface area contributed by atoms with Gasteiger partial charge in [0.1, 0.15) is 6.04 Å². The van der Waals surface area contributed by atoms with Crippen LogP contribution in [-0.4, -0.2) is 41.1 Å². The van der Waals surface area contributed by atoms with Crippen molar-refractivity contribution in [1.82, 2.24) is 5.32 Å². The minimum absolute atomic E-state index is 0.242. The SMILES string of the molecule is NC(=O)[C@H](Cc1ccccc1)NC(=O)[C@H]1O[C@@H]1C(=O)O. The van der Waals surface area contributed by atoms with E-state index in [1.807, 2.05) is 6.07 Å². The van der Waals surface area contributed by atoms with Crippen LogP contribution in [0.15, 0.2) is 30.3 Å². The number of hydrogen-bond donors (Lipinski definition) is 3. The van der Waals surface area contributed by atoms with Gasteiger partial charge in [0.05, 0.1) is 0 Å². The molecule has 1 aromatic carbocycles. The van der Waals surface area contributed by atoms with Crippen LogP contribution in [0.3, 0.4) is 0 Å². The maximum atomic E-state index is 11.7. The van der Waals surface area contributed by atoms with E-state index in [4.69, 9.17) is 15.6 Å². The lowest BCUT2D eigenvalue weighted by atomic mass is 10.1. The van der Waals surface area contributed by atoms with Crippen molar-refractivity contribution in [2.75, 3.05) is 0 Å². The monoisotopic (exact) mass is 278 g/mol. The average molecular weight is 278 g/mol. The van der Waals surface area contributed by atoms with Crippen molar-refractivity contribution in [2.45, 2.75) is 24.7 Å². The fourth-order valence-corrected chi connectivity index (χ4v) is 1.83. The molecule has 1 aliphatic rings. The Bertz CT molecular complexity index is 531. The van der Waals surface area contributed by atoms with Crippen molar-refractivity contribution in [3.8, 4) is 0 Å². The van der Waals surface area contributed by atoms with Gasteiger partial charge in [0.2, 0.25) is 5.91 Å². The Kier molecular flexibility index (Phi) is 3.99. The summed E-state index contributed by atoms with van der Waals surface area (Å²) in [7, 11) is 0. The van der Waals surface area contributed by atoms with Crippen LogP contribution >= 0.6 is 0 Å². The first kappa shape index (κ1) is 14.0. The molecule has 1 aliphatic heterocycles. The lowest BCUT2D eigenvalue weighted by molar-refractivity contribution is -0.138. The fourth-order valence-electron chi connectivity index (χ4n) is 1.83. The number of rotatable bonds is 6. The number of nitrogens with two attached hydrogens (primary N) is 1. The smallest absolute Gasteiger partial charge is 0.336 e. The predicted molar refractivity (Wildman–Crippen MR) is 67.6 cm³/mol. The number of benzene rings is 1. The Morgan fingerprint density at radius 3 is 2.40 bits per heavy atom. The van der Waals surface area contributed by atoms with Gasteiger partial charge in [-0.05, 0) is 5.56 Å². The fraction of sp³-hybridized carbons (Fsp3) is 0.308. The number of epoxide rings is 1. The van der Waals surface area contributed by atoms with Gasteiger partial charge in [-0.2, -0.15) is 0 Å². The molecule has 7 nitrogen and oxygen atoms in total. The molecule has 1 saturated heterocycles. The van der Waals surface area contributed by atoms with E-state index in [0.29, 0.717) is 0 Å². The number of carboxylic acids is 1. The number of aliphatic carboxylic acids is 1. The maximum Gasteiger partial charge on any atom is 0.336 e. The Morgan fingerprint density at radius 2 is 1.90 bits per heavy atom. The number of primary amides is 1. The van der Waals surface area contributed by atoms with Gasteiger partial charge in [0.25, 0.3) is 5.91 Å². The van der Waals surface area contributed by atoms with Crippen LogP contribution in [0, 0.1) is 0 Å². The molecule has 3 atom stereocenters. The van der Waals surface area contributed by atoms with E-state index in [0.717, 1.165) is 5.56 Å². The third kappa shape index (κ3) is 3.33. The molecule has 7 heteroatoms. The van der Waals surface area contributed by atoms with Crippen molar-refractivity contribution in [1.29, 1.82) is 0 Å². The van der Waals surface area contributed by atoms with E-state index in [9.17, 15) is 14.4 Å². The molecular formula is C13H14N2O5. The molecule has 0 aromatic heterocycles. The second-order valence-electron chi connectivity index (χ2n) is 4.47. The van der Waals surface area contributed by atoms with Crippen LogP contribution in [0.25, 0.3) is 0 Å². The lowest BCUT2D eigenvalue weighted by Gasteiger charge is -2.14. The highest BCUT2D eigenvalue weighted by atomic mass is 16.6. The summed E-state index contributed by atoms with van der Waals surface area (Å²) < 4.78 is 4.71. The minimum Gasteiger partial charge on any atom is -0.479 e. The first-order chi connectivity index (χ1) is 9.49. The molecule has 2 amide bonds. The number of hydrogen-bond acceptors (Lipinski definition) is 4. The van der Waals surface area contributed by atoms with Gasteiger partial charge >= 0.3 is 5.97 Å². The number of amides is 2. The summed E-state index contributed by atoms with van der Waals surface area (Å²) in [5, 5.41) is 11.1. The summed E-state index contributed by atoms with van der Waals surface area (Å²) in [6.45, 7) is 0. The molecule has 0 unspecified atom stereocenters. The second-order valence-corrected chi connectivity index (χ2v) is 4.47. The van der Waals surface area contributed by atoms with E-state index in [-0.39, 0.29) is 6.42 Å². The average Bonchev–Trinajstić information content (AvgIpc) is 3.19. The molecule has 0 radical (unpaired) electrons. The molecule has 0 aliphatic carbocycles. The van der Waals surface area contributed by atoms with Crippen LogP contribution in [0.4, 0.5) is 0 Å².